The second-order valence-corrected chi connectivity index (χ2v) is 5.68. The van der Waals surface area contributed by atoms with Gasteiger partial charge in [0.05, 0.1) is 11.6 Å². The first-order valence-electron chi connectivity index (χ1n) is 7.25. The Balaban J connectivity index is 1.77. The van der Waals surface area contributed by atoms with Gasteiger partial charge in [-0.1, -0.05) is 6.07 Å². The highest BCUT2D eigenvalue weighted by Gasteiger charge is 2.16. The van der Waals surface area contributed by atoms with E-state index in [1.54, 1.807) is 0 Å². The van der Waals surface area contributed by atoms with Gasteiger partial charge < -0.3 is 14.2 Å². The Bertz CT molecular complexity index is 574. The zero-order valence-electron chi connectivity index (χ0n) is 11.9. The van der Waals surface area contributed by atoms with E-state index < -0.39 is 0 Å². The third-order valence-electron chi connectivity index (χ3n) is 4.05. The summed E-state index contributed by atoms with van der Waals surface area (Å²) in [6.07, 6.45) is 4.70. The van der Waals surface area contributed by atoms with E-state index in [0.717, 1.165) is 30.2 Å². The lowest BCUT2D eigenvalue weighted by atomic mass is 10.4. The zero-order valence-corrected chi connectivity index (χ0v) is 12.7. The maximum atomic E-state index is 6.13. The predicted molar refractivity (Wildman–Crippen MR) is 83.7 cm³/mol. The molecule has 0 N–H and O–H groups in total. The number of anilines is 1. The van der Waals surface area contributed by atoms with Gasteiger partial charge in [-0.15, -0.1) is 11.6 Å². The first kappa shape index (κ1) is 13.7. The van der Waals surface area contributed by atoms with Crippen molar-refractivity contribution in [3.05, 3.63) is 30.1 Å². The quantitative estimate of drug-likeness (QED) is 0.792. The molecule has 0 aromatic carbocycles. The van der Waals surface area contributed by atoms with Crippen LogP contribution in [-0.2, 0) is 5.88 Å². The molecule has 0 bridgehead atoms. The molecule has 0 unspecified atom stereocenters. The summed E-state index contributed by atoms with van der Waals surface area (Å²) in [5, 5.41) is 0. The standard InChI is InChI=1S/C15H21ClN4/c1-18(10-11-19-7-4-5-8-19)15-13(12-16)20-9-3-2-6-14(20)17-15/h2-3,6,9H,4-5,7-8,10-12H2,1H3. The van der Waals surface area contributed by atoms with Gasteiger partial charge in [-0.05, 0) is 38.1 Å². The molecule has 3 rings (SSSR count). The van der Waals surface area contributed by atoms with E-state index in [2.05, 4.69) is 21.2 Å². The van der Waals surface area contributed by atoms with Gasteiger partial charge in [0.2, 0.25) is 0 Å². The van der Waals surface area contributed by atoms with Gasteiger partial charge in [0, 0.05) is 26.3 Å². The summed E-state index contributed by atoms with van der Waals surface area (Å²) in [5.74, 6) is 1.49. The highest BCUT2D eigenvalue weighted by atomic mass is 35.5. The average Bonchev–Trinajstić information content (AvgIpc) is 3.11. The minimum absolute atomic E-state index is 0.481. The Morgan fingerprint density at radius 3 is 2.85 bits per heavy atom. The summed E-state index contributed by atoms with van der Waals surface area (Å²) in [4.78, 5) is 9.46. The van der Waals surface area contributed by atoms with Crippen LogP contribution in [0.25, 0.3) is 5.65 Å². The molecule has 0 amide bonds. The molecule has 2 aromatic heterocycles. The Labute approximate surface area is 125 Å². The van der Waals surface area contributed by atoms with Crippen LogP contribution in [0.2, 0.25) is 0 Å². The van der Waals surface area contributed by atoms with E-state index in [1.165, 1.54) is 25.9 Å². The van der Waals surface area contributed by atoms with Gasteiger partial charge in [-0.3, -0.25) is 0 Å². The molecule has 1 aliphatic heterocycles. The fraction of sp³-hybridized carbons (Fsp3) is 0.533. The molecule has 1 fully saturated rings. The van der Waals surface area contributed by atoms with E-state index in [-0.39, 0.29) is 0 Å². The van der Waals surface area contributed by atoms with Crippen molar-refractivity contribution in [3.8, 4) is 0 Å². The van der Waals surface area contributed by atoms with Crippen LogP contribution in [-0.4, -0.2) is 47.5 Å². The van der Waals surface area contributed by atoms with Gasteiger partial charge in [0.25, 0.3) is 0 Å². The van der Waals surface area contributed by atoms with Gasteiger partial charge in [-0.25, -0.2) is 4.98 Å². The molecule has 1 aliphatic rings. The molecule has 2 aromatic rings. The number of likely N-dealkylation sites (N-methyl/N-ethyl adjacent to an activating group) is 1. The summed E-state index contributed by atoms with van der Waals surface area (Å²) >= 11 is 6.13. The number of aromatic nitrogens is 2. The minimum Gasteiger partial charge on any atom is -0.357 e. The molecule has 0 aliphatic carbocycles. The Kier molecular flexibility index (Phi) is 4.13. The van der Waals surface area contributed by atoms with Gasteiger partial charge in [0.1, 0.15) is 5.65 Å². The van der Waals surface area contributed by atoms with Crippen molar-refractivity contribution < 1.29 is 0 Å². The van der Waals surface area contributed by atoms with Crippen LogP contribution in [0.5, 0.6) is 0 Å². The third-order valence-corrected chi connectivity index (χ3v) is 4.30. The summed E-state index contributed by atoms with van der Waals surface area (Å²) in [6, 6.07) is 6.04. The number of rotatable bonds is 5. The van der Waals surface area contributed by atoms with Gasteiger partial charge in [0.15, 0.2) is 5.82 Å². The number of nitrogens with zero attached hydrogens (tertiary/aromatic N) is 4. The number of alkyl halides is 1. The van der Waals surface area contributed by atoms with E-state index in [4.69, 9.17) is 16.6 Å². The van der Waals surface area contributed by atoms with Crippen LogP contribution in [0.1, 0.15) is 18.5 Å². The molecular weight excluding hydrogens is 272 g/mol. The van der Waals surface area contributed by atoms with E-state index >= 15 is 0 Å². The number of fused-ring (bicyclic) bond motifs is 1. The largest absolute Gasteiger partial charge is 0.357 e. The van der Waals surface area contributed by atoms with E-state index in [0.29, 0.717) is 5.88 Å². The lowest BCUT2D eigenvalue weighted by Gasteiger charge is -2.22. The lowest BCUT2D eigenvalue weighted by molar-refractivity contribution is 0.346. The van der Waals surface area contributed by atoms with Crippen molar-refractivity contribution in [1.29, 1.82) is 0 Å². The first-order chi connectivity index (χ1) is 9.79. The van der Waals surface area contributed by atoms with Gasteiger partial charge >= 0.3 is 0 Å². The maximum absolute atomic E-state index is 6.13. The molecule has 5 heteroatoms. The van der Waals surface area contributed by atoms with E-state index in [9.17, 15) is 0 Å². The molecule has 108 valence electrons. The number of hydrogen-bond donors (Lipinski definition) is 0. The Morgan fingerprint density at radius 2 is 2.10 bits per heavy atom. The van der Waals surface area contributed by atoms with Crippen LogP contribution >= 0.6 is 11.6 Å². The maximum Gasteiger partial charge on any atom is 0.152 e. The number of halogens is 1. The third kappa shape index (κ3) is 2.63. The number of likely N-dealkylation sites (tertiary alicyclic amines) is 1. The van der Waals surface area contributed by atoms with Crippen LogP contribution < -0.4 is 4.90 Å². The number of hydrogen-bond acceptors (Lipinski definition) is 3. The molecule has 20 heavy (non-hydrogen) atoms. The number of imidazole rings is 1. The smallest absolute Gasteiger partial charge is 0.152 e. The van der Waals surface area contributed by atoms with Crippen molar-refractivity contribution in [2.24, 2.45) is 0 Å². The first-order valence-corrected chi connectivity index (χ1v) is 7.78. The van der Waals surface area contributed by atoms with Crippen LogP contribution in [0.3, 0.4) is 0 Å². The highest BCUT2D eigenvalue weighted by molar-refractivity contribution is 6.17. The second-order valence-electron chi connectivity index (χ2n) is 5.41. The highest BCUT2D eigenvalue weighted by Crippen LogP contribution is 2.22. The van der Waals surface area contributed by atoms with Crippen LogP contribution in [0, 0.1) is 0 Å². The minimum atomic E-state index is 0.481. The monoisotopic (exact) mass is 292 g/mol. The molecule has 0 spiro atoms. The van der Waals surface area contributed by atoms with Crippen molar-refractivity contribution in [2.45, 2.75) is 18.7 Å². The predicted octanol–water partition coefficient (Wildman–Crippen LogP) is 2.61. The summed E-state index contributed by atoms with van der Waals surface area (Å²) in [6.45, 7) is 4.57. The Morgan fingerprint density at radius 1 is 1.30 bits per heavy atom. The zero-order chi connectivity index (χ0) is 13.9. The Hall–Kier alpha value is -1.26. The van der Waals surface area contributed by atoms with Gasteiger partial charge in [-0.2, -0.15) is 0 Å². The van der Waals surface area contributed by atoms with Crippen molar-refractivity contribution in [1.82, 2.24) is 14.3 Å². The lowest BCUT2D eigenvalue weighted by Crippen LogP contribution is -2.31. The molecule has 0 radical (unpaired) electrons. The molecule has 3 heterocycles. The van der Waals surface area contributed by atoms with Crippen molar-refractivity contribution in [2.75, 3.05) is 38.1 Å². The molecular formula is C15H21ClN4. The normalized spacial score (nSPS) is 16.1. The molecule has 1 saturated heterocycles. The fourth-order valence-corrected chi connectivity index (χ4v) is 3.12. The van der Waals surface area contributed by atoms with Crippen LogP contribution in [0.4, 0.5) is 5.82 Å². The van der Waals surface area contributed by atoms with Crippen molar-refractivity contribution in [3.63, 3.8) is 0 Å². The summed E-state index contributed by atoms with van der Waals surface area (Å²) in [7, 11) is 2.11. The second kappa shape index (κ2) is 6.02. The van der Waals surface area contributed by atoms with Crippen LogP contribution in [0.15, 0.2) is 24.4 Å². The molecule has 4 nitrogen and oxygen atoms in total. The molecule has 0 saturated carbocycles. The topological polar surface area (TPSA) is 23.8 Å². The average molecular weight is 293 g/mol. The fourth-order valence-electron chi connectivity index (χ4n) is 2.87. The summed E-state index contributed by atoms with van der Waals surface area (Å²) in [5.41, 5.74) is 2.04. The number of pyridine rings is 1. The molecule has 0 atom stereocenters. The summed E-state index contributed by atoms with van der Waals surface area (Å²) < 4.78 is 2.08. The SMILES string of the molecule is CN(CCN1CCCC1)c1nc2ccccn2c1CCl. The van der Waals surface area contributed by atoms with Crippen molar-refractivity contribution >= 4 is 23.1 Å². The van der Waals surface area contributed by atoms with E-state index in [1.807, 2.05) is 24.4 Å².